The lowest BCUT2D eigenvalue weighted by atomic mass is 9.98. The van der Waals surface area contributed by atoms with Crippen molar-refractivity contribution in [3.63, 3.8) is 0 Å². The average Bonchev–Trinajstić information content (AvgIpc) is 3.58. The largest absolute Gasteiger partial charge is 0.346 e. The number of rotatable bonds is 7. The molecule has 10 nitrogen and oxygen atoms in total. The molecule has 4 N–H and O–H groups in total. The fourth-order valence-corrected chi connectivity index (χ4v) is 4.15. The molecule has 1 aliphatic heterocycles. The molecule has 186 valence electrons. The predicted molar refractivity (Wildman–Crippen MR) is 140 cm³/mol. The first-order valence-corrected chi connectivity index (χ1v) is 11.8. The van der Waals surface area contributed by atoms with Gasteiger partial charge in [-0.15, -0.1) is 0 Å². The third-order valence-corrected chi connectivity index (χ3v) is 5.98. The van der Waals surface area contributed by atoms with Crippen molar-refractivity contribution >= 4 is 40.4 Å². The number of benzene rings is 2. The number of carbonyl (C=O) groups excluding carboxylic acids is 3. The number of aromatic amines is 1. The van der Waals surface area contributed by atoms with Crippen molar-refractivity contribution in [3.05, 3.63) is 94.6 Å². The number of H-pyrrole nitrogens is 1. The molecule has 2 amide bonds. The summed E-state index contributed by atoms with van der Waals surface area (Å²) in [5, 5.41) is 19.9. The van der Waals surface area contributed by atoms with Crippen molar-refractivity contribution in [2.45, 2.75) is 27.3 Å². The summed E-state index contributed by atoms with van der Waals surface area (Å²) in [7, 11) is 0. The zero-order chi connectivity index (χ0) is 26.1. The van der Waals surface area contributed by atoms with Crippen LogP contribution in [-0.4, -0.2) is 37.6 Å². The molecule has 0 saturated heterocycles. The quantitative estimate of drug-likeness (QED) is 0.225. The number of ketones is 1. The Hall–Kier alpha value is -4.99. The van der Waals surface area contributed by atoms with Gasteiger partial charge in [0.05, 0.1) is 17.0 Å². The minimum Gasteiger partial charge on any atom is -0.346 e. The summed E-state index contributed by atoms with van der Waals surface area (Å²) in [6, 6.07) is 15.3. The van der Waals surface area contributed by atoms with E-state index >= 15 is 0 Å². The van der Waals surface area contributed by atoms with Crippen molar-refractivity contribution < 1.29 is 14.4 Å². The van der Waals surface area contributed by atoms with Crippen LogP contribution < -0.4 is 16.0 Å². The van der Waals surface area contributed by atoms with Crippen LogP contribution in [0.5, 0.6) is 0 Å². The number of nitrogens with one attached hydrogen (secondary N) is 4. The molecule has 37 heavy (non-hydrogen) atoms. The number of carbonyl (C=O) groups is 3. The summed E-state index contributed by atoms with van der Waals surface area (Å²) in [6.45, 7) is 6.20. The van der Waals surface area contributed by atoms with Crippen LogP contribution in [0.1, 0.15) is 50.3 Å². The van der Waals surface area contributed by atoms with Crippen LogP contribution in [0.15, 0.2) is 60.8 Å². The first kappa shape index (κ1) is 23.7. The number of anilines is 3. The van der Waals surface area contributed by atoms with Gasteiger partial charge >= 0.3 is 0 Å². The first-order chi connectivity index (χ1) is 17.8. The molecule has 0 atom stereocenters. The first-order valence-electron chi connectivity index (χ1n) is 11.8. The average molecular weight is 496 g/mol. The van der Waals surface area contributed by atoms with E-state index in [1.807, 2.05) is 26.8 Å². The zero-order valence-electron chi connectivity index (χ0n) is 20.5. The van der Waals surface area contributed by atoms with E-state index in [2.05, 4.69) is 31.2 Å². The van der Waals surface area contributed by atoms with E-state index in [-0.39, 0.29) is 17.6 Å². The molecule has 10 heteroatoms. The highest BCUT2D eigenvalue weighted by atomic mass is 16.2. The summed E-state index contributed by atoms with van der Waals surface area (Å²) in [5.74, 6) is -0.0743. The highest BCUT2D eigenvalue weighted by molar-refractivity contribution is 6.32. The molecule has 5 rings (SSSR count). The predicted octanol–water partition coefficient (Wildman–Crippen LogP) is 4.13. The molecule has 0 unspecified atom stereocenters. The van der Waals surface area contributed by atoms with Crippen LogP contribution in [0, 0.1) is 13.8 Å². The van der Waals surface area contributed by atoms with Crippen LogP contribution in [0.2, 0.25) is 0 Å². The summed E-state index contributed by atoms with van der Waals surface area (Å²) < 4.78 is 1.64. The highest BCUT2D eigenvalue weighted by Gasteiger charge is 2.25. The monoisotopic (exact) mass is 495 g/mol. The van der Waals surface area contributed by atoms with E-state index in [0.717, 1.165) is 11.4 Å². The minimum atomic E-state index is -0.268. The summed E-state index contributed by atoms with van der Waals surface area (Å²) in [4.78, 5) is 38.4. The van der Waals surface area contributed by atoms with E-state index in [9.17, 15) is 14.4 Å². The zero-order valence-corrected chi connectivity index (χ0v) is 20.5. The number of hydrogen-bond acceptors (Lipinski definition) is 6. The highest BCUT2D eigenvalue weighted by Crippen LogP contribution is 2.33. The Bertz CT molecular complexity index is 1560. The summed E-state index contributed by atoms with van der Waals surface area (Å²) >= 11 is 0. The number of aromatic nitrogens is 4. The summed E-state index contributed by atoms with van der Waals surface area (Å²) in [6.07, 6.45) is 1.59. The molecule has 0 spiro atoms. The van der Waals surface area contributed by atoms with E-state index < -0.39 is 0 Å². The van der Waals surface area contributed by atoms with Crippen molar-refractivity contribution in [1.82, 2.24) is 20.0 Å². The lowest BCUT2D eigenvalue weighted by Gasteiger charge is -2.08. The van der Waals surface area contributed by atoms with Crippen LogP contribution in [0.4, 0.5) is 17.2 Å². The molecule has 2 aromatic heterocycles. The van der Waals surface area contributed by atoms with Gasteiger partial charge in [-0.1, -0.05) is 0 Å². The molecular weight excluding hydrogens is 470 g/mol. The van der Waals surface area contributed by atoms with Gasteiger partial charge in [-0.25, -0.2) is 0 Å². The van der Waals surface area contributed by atoms with Crippen molar-refractivity contribution in [1.29, 1.82) is 0 Å². The van der Waals surface area contributed by atoms with E-state index in [1.54, 1.807) is 59.4 Å². The molecule has 0 saturated carbocycles. The van der Waals surface area contributed by atoms with Crippen LogP contribution in [0.3, 0.4) is 0 Å². The lowest BCUT2D eigenvalue weighted by molar-refractivity contribution is -0.110. The molecule has 0 aliphatic carbocycles. The van der Waals surface area contributed by atoms with Crippen LogP contribution >= 0.6 is 0 Å². The fourth-order valence-electron chi connectivity index (χ4n) is 4.15. The van der Waals surface area contributed by atoms with Gasteiger partial charge in [0.15, 0.2) is 5.78 Å². The molecule has 4 aromatic rings. The topological polar surface area (TPSA) is 134 Å². The third kappa shape index (κ3) is 4.76. The van der Waals surface area contributed by atoms with Gasteiger partial charge in [0, 0.05) is 46.9 Å². The van der Waals surface area contributed by atoms with Gasteiger partial charge in [0.1, 0.15) is 11.5 Å². The second kappa shape index (κ2) is 9.57. The molecule has 2 aromatic carbocycles. The smallest absolute Gasteiger partial charge is 0.273 e. The van der Waals surface area contributed by atoms with Gasteiger partial charge in [-0.2, -0.15) is 10.2 Å². The Balaban J connectivity index is 1.33. The number of nitrogens with zero attached hydrogens (tertiary/aromatic N) is 3. The van der Waals surface area contributed by atoms with Crippen molar-refractivity contribution in [3.8, 4) is 0 Å². The Morgan fingerprint density at radius 3 is 2.46 bits per heavy atom. The van der Waals surface area contributed by atoms with E-state index in [1.165, 1.54) is 0 Å². The molecule has 0 bridgehead atoms. The maximum Gasteiger partial charge on any atom is 0.273 e. The standard InChI is InChI=1S/C27H25N7O3/c1-4-34-23(11-16(3)33-34)27(37)29-19-8-5-17(6-9-19)25(35)18-7-10-22-20(13-18)21(26(36)30-22)14-28-24-12-15(2)31-32-24/h5-14H,4H2,1-3H3,(H,29,37)(H,30,36)(H2,28,31,32)/b21-14-. The molecule has 0 fully saturated rings. The number of fused-ring (bicyclic) bond motifs is 1. The van der Waals surface area contributed by atoms with Crippen LogP contribution in [-0.2, 0) is 11.3 Å². The lowest BCUT2D eigenvalue weighted by Crippen LogP contribution is -2.17. The normalized spacial score (nSPS) is 13.4. The van der Waals surface area contributed by atoms with Gasteiger partial charge in [0.25, 0.3) is 11.8 Å². The second-order valence-corrected chi connectivity index (χ2v) is 8.69. The Morgan fingerprint density at radius 1 is 1.00 bits per heavy atom. The maximum atomic E-state index is 13.2. The number of amides is 2. The Labute approximate surface area is 212 Å². The molecule has 3 heterocycles. The van der Waals surface area contributed by atoms with Gasteiger partial charge in [-0.3, -0.25) is 24.2 Å². The SMILES string of the molecule is CCn1nc(C)cc1C(=O)Nc1ccc(C(=O)c2ccc3c(c2)/C(=C/Nc2cc(C)n[nH]2)C(=O)N3)cc1. The minimum absolute atomic E-state index is 0.198. The van der Waals surface area contributed by atoms with Gasteiger partial charge in [0.2, 0.25) is 0 Å². The molecular formula is C27H25N7O3. The Morgan fingerprint density at radius 2 is 1.76 bits per heavy atom. The fraction of sp³-hybridized carbons (Fsp3) is 0.148. The van der Waals surface area contributed by atoms with Crippen LogP contribution in [0.25, 0.3) is 5.57 Å². The number of hydrogen-bond donors (Lipinski definition) is 4. The van der Waals surface area contributed by atoms with Crippen molar-refractivity contribution in [2.24, 2.45) is 0 Å². The van der Waals surface area contributed by atoms with Gasteiger partial charge in [-0.05, 0) is 69.3 Å². The molecule has 0 radical (unpaired) electrons. The molecule has 1 aliphatic rings. The van der Waals surface area contributed by atoms with Gasteiger partial charge < -0.3 is 16.0 Å². The Kier molecular flexibility index (Phi) is 6.14. The van der Waals surface area contributed by atoms with E-state index in [4.69, 9.17) is 0 Å². The third-order valence-electron chi connectivity index (χ3n) is 5.98. The number of aryl methyl sites for hydroxylation is 3. The second-order valence-electron chi connectivity index (χ2n) is 8.69. The maximum absolute atomic E-state index is 13.2. The van der Waals surface area contributed by atoms with Crippen molar-refractivity contribution in [2.75, 3.05) is 16.0 Å². The summed E-state index contributed by atoms with van der Waals surface area (Å²) in [5.41, 5.74) is 5.21. The van der Waals surface area contributed by atoms with E-state index in [0.29, 0.717) is 51.7 Å².